The lowest BCUT2D eigenvalue weighted by molar-refractivity contribution is -0.134. The molecule has 2 aromatic rings. The zero-order chi connectivity index (χ0) is 20.8. The van der Waals surface area contributed by atoms with E-state index in [2.05, 4.69) is 10.2 Å². The standard InChI is InChI=1S/C23H28N4O3/c28-22(18-25-14-16-30-17-15-25)26-10-12-27(13-11-26)23(29)20-8-4-5-9-21(20)24-19-6-2-1-3-7-19/h1-9,24H,10-18H2. The summed E-state index contributed by atoms with van der Waals surface area (Å²) >= 11 is 0. The highest BCUT2D eigenvalue weighted by molar-refractivity contribution is 6.00. The van der Waals surface area contributed by atoms with Crippen molar-refractivity contribution in [2.45, 2.75) is 0 Å². The second-order valence-electron chi connectivity index (χ2n) is 7.60. The summed E-state index contributed by atoms with van der Waals surface area (Å²) in [5.41, 5.74) is 2.38. The summed E-state index contributed by atoms with van der Waals surface area (Å²) in [7, 11) is 0. The molecule has 7 heteroatoms. The summed E-state index contributed by atoms with van der Waals surface area (Å²) in [4.78, 5) is 31.6. The van der Waals surface area contributed by atoms with Crippen LogP contribution in [0.1, 0.15) is 10.4 Å². The van der Waals surface area contributed by atoms with Crippen molar-refractivity contribution in [1.82, 2.24) is 14.7 Å². The largest absolute Gasteiger partial charge is 0.379 e. The number of piperazine rings is 1. The number of ether oxygens (including phenoxy) is 1. The highest BCUT2D eigenvalue weighted by Crippen LogP contribution is 2.22. The van der Waals surface area contributed by atoms with Gasteiger partial charge in [-0.15, -0.1) is 0 Å². The number of anilines is 2. The van der Waals surface area contributed by atoms with E-state index < -0.39 is 0 Å². The van der Waals surface area contributed by atoms with Crippen molar-refractivity contribution < 1.29 is 14.3 Å². The molecule has 158 valence electrons. The van der Waals surface area contributed by atoms with Crippen molar-refractivity contribution in [3.8, 4) is 0 Å². The number of carbonyl (C=O) groups is 2. The van der Waals surface area contributed by atoms with Gasteiger partial charge in [-0.05, 0) is 24.3 Å². The minimum atomic E-state index is -0.00527. The molecule has 2 heterocycles. The van der Waals surface area contributed by atoms with Gasteiger partial charge in [-0.2, -0.15) is 0 Å². The predicted molar refractivity (Wildman–Crippen MR) is 116 cm³/mol. The molecule has 30 heavy (non-hydrogen) atoms. The summed E-state index contributed by atoms with van der Waals surface area (Å²) in [5, 5.41) is 3.34. The Morgan fingerprint density at radius 1 is 0.800 bits per heavy atom. The highest BCUT2D eigenvalue weighted by atomic mass is 16.5. The van der Waals surface area contributed by atoms with Gasteiger partial charge in [0.25, 0.3) is 5.91 Å². The van der Waals surface area contributed by atoms with Crippen molar-refractivity contribution in [1.29, 1.82) is 0 Å². The van der Waals surface area contributed by atoms with Crippen molar-refractivity contribution >= 4 is 23.2 Å². The van der Waals surface area contributed by atoms with E-state index >= 15 is 0 Å². The molecule has 0 aliphatic carbocycles. The molecule has 0 unspecified atom stereocenters. The molecule has 0 radical (unpaired) electrons. The first-order valence-corrected chi connectivity index (χ1v) is 10.5. The second-order valence-corrected chi connectivity index (χ2v) is 7.60. The lowest BCUT2D eigenvalue weighted by atomic mass is 10.1. The van der Waals surface area contributed by atoms with Gasteiger partial charge in [0, 0.05) is 45.0 Å². The molecule has 0 bridgehead atoms. The molecule has 2 fully saturated rings. The third kappa shape index (κ3) is 4.98. The molecule has 0 spiro atoms. The van der Waals surface area contributed by atoms with E-state index in [1.807, 2.05) is 64.4 Å². The normalized spacial score (nSPS) is 17.6. The van der Waals surface area contributed by atoms with Gasteiger partial charge in [-0.1, -0.05) is 30.3 Å². The minimum absolute atomic E-state index is 0.00527. The summed E-state index contributed by atoms with van der Waals surface area (Å²) < 4.78 is 5.34. The lowest BCUT2D eigenvalue weighted by Gasteiger charge is -2.36. The monoisotopic (exact) mass is 408 g/mol. The average molecular weight is 409 g/mol. The average Bonchev–Trinajstić information content (AvgIpc) is 2.80. The van der Waals surface area contributed by atoms with E-state index in [0.29, 0.717) is 51.5 Å². The van der Waals surface area contributed by atoms with Crippen molar-refractivity contribution in [2.75, 3.05) is 64.3 Å². The Hall–Kier alpha value is -2.90. The topological polar surface area (TPSA) is 65.1 Å². The number of amides is 2. The van der Waals surface area contributed by atoms with Crippen LogP contribution in [0.15, 0.2) is 54.6 Å². The van der Waals surface area contributed by atoms with Gasteiger partial charge < -0.3 is 19.9 Å². The molecule has 2 aromatic carbocycles. The molecule has 0 saturated carbocycles. The zero-order valence-corrected chi connectivity index (χ0v) is 17.1. The quantitative estimate of drug-likeness (QED) is 0.820. The predicted octanol–water partition coefficient (Wildman–Crippen LogP) is 2.05. The van der Waals surface area contributed by atoms with Crippen LogP contribution >= 0.6 is 0 Å². The SMILES string of the molecule is O=C(CN1CCOCC1)N1CCN(C(=O)c2ccccc2Nc2ccccc2)CC1. The molecular formula is C23H28N4O3. The highest BCUT2D eigenvalue weighted by Gasteiger charge is 2.27. The van der Waals surface area contributed by atoms with E-state index in [1.165, 1.54) is 0 Å². The van der Waals surface area contributed by atoms with Gasteiger partial charge in [0.2, 0.25) is 5.91 Å². The molecule has 2 amide bonds. The van der Waals surface area contributed by atoms with Crippen LogP contribution in [0.5, 0.6) is 0 Å². The number of benzene rings is 2. The maximum Gasteiger partial charge on any atom is 0.256 e. The maximum atomic E-state index is 13.2. The van der Waals surface area contributed by atoms with Gasteiger partial charge in [0.1, 0.15) is 0 Å². The van der Waals surface area contributed by atoms with E-state index in [0.717, 1.165) is 24.5 Å². The minimum Gasteiger partial charge on any atom is -0.379 e. The van der Waals surface area contributed by atoms with Gasteiger partial charge in [-0.3, -0.25) is 14.5 Å². The Labute approximate surface area is 177 Å². The Balaban J connectivity index is 1.35. The van der Waals surface area contributed by atoms with Crippen molar-refractivity contribution in [3.05, 3.63) is 60.2 Å². The third-order valence-electron chi connectivity index (χ3n) is 5.59. The van der Waals surface area contributed by atoms with Crippen LogP contribution in [-0.4, -0.2) is 85.5 Å². The van der Waals surface area contributed by atoms with Crippen LogP contribution in [0.2, 0.25) is 0 Å². The first-order valence-electron chi connectivity index (χ1n) is 10.5. The molecule has 2 aliphatic heterocycles. The number of nitrogens with one attached hydrogen (secondary N) is 1. The number of hydrogen-bond donors (Lipinski definition) is 1. The van der Waals surface area contributed by atoms with Crippen LogP contribution in [-0.2, 0) is 9.53 Å². The Morgan fingerprint density at radius 2 is 1.43 bits per heavy atom. The van der Waals surface area contributed by atoms with Crippen LogP contribution in [0, 0.1) is 0 Å². The number of carbonyl (C=O) groups excluding carboxylic acids is 2. The molecule has 2 saturated heterocycles. The molecule has 4 rings (SSSR count). The van der Waals surface area contributed by atoms with Crippen molar-refractivity contribution in [2.24, 2.45) is 0 Å². The van der Waals surface area contributed by atoms with Crippen molar-refractivity contribution in [3.63, 3.8) is 0 Å². The molecule has 0 atom stereocenters. The summed E-state index contributed by atoms with van der Waals surface area (Å²) in [6.07, 6.45) is 0. The van der Waals surface area contributed by atoms with E-state index in [-0.39, 0.29) is 11.8 Å². The first-order chi connectivity index (χ1) is 14.7. The first kappa shape index (κ1) is 20.4. The van der Waals surface area contributed by atoms with E-state index in [1.54, 1.807) is 0 Å². The van der Waals surface area contributed by atoms with Crippen LogP contribution in [0.3, 0.4) is 0 Å². The van der Waals surface area contributed by atoms with Gasteiger partial charge >= 0.3 is 0 Å². The summed E-state index contributed by atoms with van der Waals surface area (Å²) in [6.45, 7) is 5.65. The number of rotatable bonds is 5. The smallest absolute Gasteiger partial charge is 0.256 e. The molecule has 2 aliphatic rings. The van der Waals surface area contributed by atoms with Gasteiger partial charge in [0.05, 0.1) is 31.0 Å². The fourth-order valence-corrected chi connectivity index (χ4v) is 3.84. The fraction of sp³-hybridized carbons (Fsp3) is 0.391. The maximum absolute atomic E-state index is 13.2. The fourth-order valence-electron chi connectivity index (χ4n) is 3.84. The van der Waals surface area contributed by atoms with E-state index in [9.17, 15) is 9.59 Å². The zero-order valence-electron chi connectivity index (χ0n) is 17.1. The Morgan fingerprint density at radius 3 is 2.17 bits per heavy atom. The number of morpholine rings is 1. The Kier molecular flexibility index (Phi) is 6.61. The number of para-hydroxylation sites is 2. The second kappa shape index (κ2) is 9.73. The third-order valence-corrected chi connectivity index (χ3v) is 5.59. The van der Waals surface area contributed by atoms with Gasteiger partial charge in [0.15, 0.2) is 0 Å². The molecular weight excluding hydrogens is 380 g/mol. The summed E-state index contributed by atoms with van der Waals surface area (Å²) in [5.74, 6) is 0.129. The van der Waals surface area contributed by atoms with Gasteiger partial charge in [-0.25, -0.2) is 0 Å². The lowest BCUT2D eigenvalue weighted by Crippen LogP contribution is -2.53. The number of nitrogens with zero attached hydrogens (tertiary/aromatic N) is 3. The summed E-state index contributed by atoms with van der Waals surface area (Å²) in [6, 6.07) is 17.4. The van der Waals surface area contributed by atoms with Crippen LogP contribution < -0.4 is 5.32 Å². The molecule has 0 aromatic heterocycles. The van der Waals surface area contributed by atoms with E-state index in [4.69, 9.17) is 4.74 Å². The number of hydrogen-bond acceptors (Lipinski definition) is 5. The van der Waals surface area contributed by atoms with Crippen LogP contribution in [0.25, 0.3) is 0 Å². The molecule has 1 N–H and O–H groups in total. The van der Waals surface area contributed by atoms with Crippen LogP contribution in [0.4, 0.5) is 11.4 Å². The molecule has 7 nitrogen and oxygen atoms in total. The Bertz CT molecular complexity index is 860.